The average molecular weight is 797 g/mol. The van der Waals surface area contributed by atoms with Gasteiger partial charge in [-0.1, -0.05) is 170 Å². The van der Waals surface area contributed by atoms with Crippen molar-refractivity contribution in [2.75, 3.05) is 0 Å². The Bertz CT molecular complexity index is 3010. The molecule has 0 atom stereocenters. The summed E-state index contributed by atoms with van der Waals surface area (Å²) >= 11 is 0. The molecule has 8 aromatic carbocycles. The average Bonchev–Trinajstić information content (AvgIpc) is 4.01. The van der Waals surface area contributed by atoms with Gasteiger partial charge in [0, 0.05) is 44.5 Å². The second-order valence-corrected chi connectivity index (χ2v) is 16.3. The molecule has 4 heterocycles. The van der Waals surface area contributed by atoms with E-state index in [2.05, 4.69) is 182 Å². The van der Waals surface area contributed by atoms with Crippen LogP contribution < -0.4 is 9.47 Å². The maximum Gasteiger partial charge on any atom is 0.134 e. The summed E-state index contributed by atoms with van der Waals surface area (Å²) in [5.74, 6) is 6.21. The third kappa shape index (κ3) is 4.77. The highest BCUT2D eigenvalue weighted by atomic mass is 16.5. The van der Waals surface area contributed by atoms with Crippen LogP contribution in [0.15, 0.2) is 227 Å². The summed E-state index contributed by atoms with van der Waals surface area (Å²) in [5.41, 5.74) is 10.4. The Hall–Kier alpha value is -8.08. The highest BCUT2D eigenvalue weighted by Crippen LogP contribution is 2.68. The Labute approximate surface area is 358 Å². The van der Waals surface area contributed by atoms with Crippen LogP contribution in [-0.4, -0.2) is 0 Å². The highest BCUT2D eigenvalue weighted by Gasteiger charge is 2.63. The van der Waals surface area contributed by atoms with Crippen molar-refractivity contribution in [2.45, 2.75) is 10.8 Å². The van der Waals surface area contributed by atoms with Crippen LogP contribution in [0.25, 0.3) is 44.9 Å². The van der Waals surface area contributed by atoms with Crippen LogP contribution in [-0.2, 0) is 10.8 Å². The summed E-state index contributed by atoms with van der Waals surface area (Å²) in [6, 6.07) is 76.3. The molecule has 0 radical (unpaired) electrons. The molecular weight excluding hydrogens is 761 g/mol. The van der Waals surface area contributed by atoms with Gasteiger partial charge in [0.2, 0.25) is 0 Å². The van der Waals surface area contributed by atoms with E-state index in [0.717, 1.165) is 113 Å². The Kier molecular flexibility index (Phi) is 7.40. The van der Waals surface area contributed by atoms with Crippen LogP contribution in [0, 0.1) is 0 Å². The van der Waals surface area contributed by atoms with Gasteiger partial charge >= 0.3 is 0 Å². The zero-order chi connectivity index (χ0) is 40.8. The number of hydrogen-bond acceptors (Lipinski definition) is 4. The molecule has 13 rings (SSSR count). The van der Waals surface area contributed by atoms with Crippen molar-refractivity contribution in [3.63, 3.8) is 0 Å². The second kappa shape index (κ2) is 13.2. The lowest BCUT2D eigenvalue weighted by Crippen LogP contribution is -2.46. The van der Waals surface area contributed by atoms with Crippen molar-refractivity contribution in [3.8, 4) is 67.9 Å². The maximum absolute atomic E-state index is 7.66. The topological polar surface area (TPSA) is 44.7 Å². The van der Waals surface area contributed by atoms with Crippen molar-refractivity contribution in [3.05, 3.63) is 263 Å². The molecule has 10 aromatic rings. The van der Waals surface area contributed by atoms with Gasteiger partial charge in [-0.3, -0.25) is 0 Å². The summed E-state index contributed by atoms with van der Waals surface area (Å²) in [5, 5.41) is 0. The van der Waals surface area contributed by atoms with Crippen molar-refractivity contribution >= 4 is 0 Å². The molecule has 0 bridgehead atoms. The first kappa shape index (κ1) is 34.8. The Morgan fingerprint density at radius 3 is 0.919 bits per heavy atom. The van der Waals surface area contributed by atoms with Crippen molar-refractivity contribution in [2.24, 2.45) is 0 Å². The fraction of sp³-hybridized carbons (Fsp3) is 0.0345. The zero-order valence-electron chi connectivity index (χ0n) is 33.4. The van der Waals surface area contributed by atoms with E-state index in [4.69, 9.17) is 18.3 Å². The minimum atomic E-state index is -0.988. The third-order valence-corrected chi connectivity index (χ3v) is 13.1. The first-order valence-electron chi connectivity index (χ1n) is 21.1. The monoisotopic (exact) mass is 796 g/mol. The molecule has 0 fully saturated rings. The van der Waals surface area contributed by atoms with Crippen LogP contribution >= 0.6 is 0 Å². The van der Waals surface area contributed by atoms with Crippen LogP contribution in [0.5, 0.6) is 23.0 Å². The van der Waals surface area contributed by atoms with E-state index in [1.807, 2.05) is 36.4 Å². The van der Waals surface area contributed by atoms with E-state index in [1.165, 1.54) is 0 Å². The Balaban J connectivity index is 1.18. The van der Waals surface area contributed by atoms with Gasteiger partial charge < -0.3 is 18.3 Å². The standard InChI is InChI=1S/C58H36O4/c1-3-17-37(18-4-1)39-21-15-23-41(33-39)53-35-47-55(61-53)58(45-27-9-13-31-51(45)60-52-32-14-10-28-46(52)58)48-36-54(42-24-16-22-40(34-42)38-19-5-2-6-20-38)62-56(48)57(47)43-25-7-11-29-49(43)59-50-30-12-8-26-44(50)57/h1-36H. The van der Waals surface area contributed by atoms with Crippen LogP contribution in [0.4, 0.5) is 0 Å². The number of ether oxygens (including phenoxy) is 2. The summed E-state index contributed by atoms with van der Waals surface area (Å²) in [4.78, 5) is 0. The number of para-hydroxylation sites is 4. The van der Waals surface area contributed by atoms with Crippen LogP contribution in [0.3, 0.4) is 0 Å². The maximum atomic E-state index is 7.66. The molecule has 0 unspecified atom stereocenters. The molecule has 2 aliphatic heterocycles. The second-order valence-electron chi connectivity index (χ2n) is 16.3. The number of benzene rings is 8. The third-order valence-electron chi connectivity index (χ3n) is 13.1. The Morgan fingerprint density at radius 2 is 0.548 bits per heavy atom. The molecule has 4 nitrogen and oxygen atoms in total. The van der Waals surface area contributed by atoms with Crippen molar-refractivity contribution in [1.82, 2.24) is 0 Å². The molecule has 0 N–H and O–H groups in total. The number of furan rings is 2. The highest BCUT2D eigenvalue weighted by molar-refractivity contribution is 5.83. The zero-order valence-corrected chi connectivity index (χ0v) is 33.4. The van der Waals surface area contributed by atoms with Gasteiger partial charge in [-0.2, -0.15) is 0 Å². The molecular formula is C58H36O4. The molecule has 2 aromatic heterocycles. The van der Waals surface area contributed by atoms with Gasteiger partial charge in [-0.15, -0.1) is 0 Å². The van der Waals surface area contributed by atoms with E-state index < -0.39 is 10.8 Å². The lowest BCUT2D eigenvalue weighted by Gasteiger charge is -2.48. The van der Waals surface area contributed by atoms with E-state index in [0.29, 0.717) is 0 Å². The van der Waals surface area contributed by atoms with Crippen LogP contribution in [0.1, 0.15) is 44.9 Å². The van der Waals surface area contributed by atoms with E-state index in [9.17, 15) is 0 Å². The van der Waals surface area contributed by atoms with Gasteiger partial charge in [0.1, 0.15) is 56.9 Å². The molecule has 0 amide bonds. The quantitative estimate of drug-likeness (QED) is 0.178. The van der Waals surface area contributed by atoms with Gasteiger partial charge in [-0.25, -0.2) is 0 Å². The molecule has 4 heteroatoms. The largest absolute Gasteiger partial charge is 0.459 e. The number of hydrogen-bond donors (Lipinski definition) is 0. The molecule has 0 saturated carbocycles. The smallest absolute Gasteiger partial charge is 0.134 e. The SMILES string of the molecule is c1ccc(-c2cccc(-c3cc4c(o3)C3(c5ccccc5Oc5ccccc53)c3cc(-c5cccc(-c6ccccc6)c5)oc3C43c4ccccc4Oc4ccccc43)c2)cc1. The molecule has 62 heavy (non-hydrogen) atoms. The Morgan fingerprint density at radius 1 is 0.242 bits per heavy atom. The fourth-order valence-corrected chi connectivity index (χ4v) is 10.4. The van der Waals surface area contributed by atoms with Crippen LogP contribution in [0.2, 0.25) is 0 Å². The fourth-order valence-electron chi connectivity index (χ4n) is 10.4. The van der Waals surface area contributed by atoms with E-state index in [1.54, 1.807) is 0 Å². The molecule has 2 spiro atoms. The minimum Gasteiger partial charge on any atom is -0.459 e. The van der Waals surface area contributed by atoms with E-state index in [-0.39, 0.29) is 0 Å². The predicted molar refractivity (Wildman–Crippen MR) is 243 cm³/mol. The molecule has 3 aliphatic rings. The van der Waals surface area contributed by atoms with Gasteiger partial charge in [0.05, 0.1) is 0 Å². The molecule has 0 saturated heterocycles. The van der Waals surface area contributed by atoms with Gasteiger partial charge in [0.15, 0.2) is 0 Å². The summed E-state index contributed by atoms with van der Waals surface area (Å²) in [7, 11) is 0. The summed E-state index contributed by atoms with van der Waals surface area (Å²) in [6.45, 7) is 0. The normalized spacial score (nSPS) is 14.3. The van der Waals surface area contributed by atoms with E-state index >= 15 is 0 Å². The lowest BCUT2D eigenvalue weighted by atomic mass is 9.53. The predicted octanol–water partition coefficient (Wildman–Crippen LogP) is 14.8. The first-order chi connectivity index (χ1) is 30.7. The molecule has 292 valence electrons. The summed E-state index contributed by atoms with van der Waals surface area (Å²) < 4.78 is 28.9. The lowest BCUT2D eigenvalue weighted by molar-refractivity contribution is 0.353. The van der Waals surface area contributed by atoms with Gasteiger partial charge in [0.25, 0.3) is 0 Å². The van der Waals surface area contributed by atoms with Crippen molar-refractivity contribution in [1.29, 1.82) is 0 Å². The molecule has 1 aliphatic carbocycles. The van der Waals surface area contributed by atoms with Crippen molar-refractivity contribution < 1.29 is 18.3 Å². The number of rotatable bonds is 4. The minimum absolute atomic E-state index is 0.760. The first-order valence-corrected chi connectivity index (χ1v) is 21.1. The summed E-state index contributed by atoms with van der Waals surface area (Å²) in [6.07, 6.45) is 0. The van der Waals surface area contributed by atoms with Gasteiger partial charge in [-0.05, 0) is 70.8 Å². The number of fused-ring (bicyclic) bond motifs is 14.